The van der Waals surface area contributed by atoms with E-state index in [9.17, 15) is 4.79 Å². The summed E-state index contributed by atoms with van der Waals surface area (Å²) in [6.07, 6.45) is 10.3. The Morgan fingerprint density at radius 1 is 1.38 bits per heavy atom. The highest BCUT2D eigenvalue weighted by atomic mass is 16.5. The maximum atomic E-state index is 11.4. The topological polar surface area (TPSA) is 26.3 Å². The van der Waals surface area contributed by atoms with Crippen LogP contribution in [0.5, 0.6) is 0 Å². The van der Waals surface area contributed by atoms with Crippen LogP contribution in [-0.2, 0) is 9.53 Å². The smallest absolute Gasteiger partial charge is 0.306 e. The maximum Gasteiger partial charge on any atom is 0.306 e. The first-order valence-electron chi connectivity index (χ1n) is 6.38. The summed E-state index contributed by atoms with van der Waals surface area (Å²) in [6.45, 7) is 6.51. The van der Waals surface area contributed by atoms with Gasteiger partial charge in [0.1, 0.15) is 0 Å². The summed E-state index contributed by atoms with van der Waals surface area (Å²) in [6, 6.07) is 0. The number of hydrogen-bond donors (Lipinski definition) is 0. The molecule has 0 aliphatic heterocycles. The largest absolute Gasteiger partial charge is 0.466 e. The minimum Gasteiger partial charge on any atom is -0.466 e. The van der Waals surface area contributed by atoms with Gasteiger partial charge in [-0.15, -0.1) is 0 Å². The van der Waals surface area contributed by atoms with Gasteiger partial charge in [-0.25, -0.2) is 0 Å². The maximum absolute atomic E-state index is 11.4. The molecule has 0 N–H and O–H groups in total. The molecule has 2 heteroatoms. The molecule has 0 unspecified atom stereocenters. The van der Waals surface area contributed by atoms with Crippen LogP contribution >= 0.6 is 0 Å². The van der Waals surface area contributed by atoms with Crippen molar-refractivity contribution in [2.45, 2.75) is 52.9 Å². The highest BCUT2D eigenvalue weighted by Crippen LogP contribution is 2.29. The van der Waals surface area contributed by atoms with Crippen molar-refractivity contribution >= 4 is 5.97 Å². The predicted molar refractivity (Wildman–Crippen MR) is 66.1 cm³/mol. The monoisotopic (exact) mass is 224 g/mol. The fourth-order valence-corrected chi connectivity index (χ4v) is 2.19. The molecule has 1 fully saturated rings. The third kappa shape index (κ3) is 4.82. The second-order valence-corrected chi connectivity index (χ2v) is 5.37. The van der Waals surface area contributed by atoms with Gasteiger partial charge < -0.3 is 4.74 Å². The molecule has 0 amide bonds. The van der Waals surface area contributed by atoms with E-state index in [4.69, 9.17) is 4.74 Å². The molecule has 92 valence electrons. The van der Waals surface area contributed by atoms with Crippen LogP contribution in [0.2, 0.25) is 0 Å². The predicted octanol–water partition coefficient (Wildman–Crippen LogP) is 3.71. The van der Waals surface area contributed by atoms with Crippen molar-refractivity contribution in [3.05, 3.63) is 12.2 Å². The van der Waals surface area contributed by atoms with Crippen LogP contribution in [0.25, 0.3) is 0 Å². The van der Waals surface area contributed by atoms with Crippen LogP contribution in [0.3, 0.4) is 0 Å². The van der Waals surface area contributed by atoms with E-state index >= 15 is 0 Å². The van der Waals surface area contributed by atoms with Crippen molar-refractivity contribution in [2.24, 2.45) is 11.3 Å². The first-order valence-corrected chi connectivity index (χ1v) is 6.38. The van der Waals surface area contributed by atoms with Gasteiger partial charge in [0.05, 0.1) is 13.0 Å². The van der Waals surface area contributed by atoms with E-state index in [1.807, 2.05) is 6.92 Å². The van der Waals surface area contributed by atoms with Crippen LogP contribution in [0.4, 0.5) is 0 Å². The lowest BCUT2D eigenvalue weighted by Gasteiger charge is -2.19. The molecular weight excluding hydrogens is 200 g/mol. The van der Waals surface area contributed by atoms with Gasteiger partial charge in [0.2, 0.25) is 0 Å². The van der Waals surface area contributed by atoms with Crippen molar-refractivity contribution in [3.8, 4) is 0 Å². The lowest BCUT2D eigenvalue weighted by molar-refractivity contribution is -0.144. The Labute approximate surface area is 99.1 Å². The van der Waals surface area contributed by atoms with E-state index in [0.29, 0.717) is 13.0 Å². The van der Waals surface area contributed by atoms with Gasteiger partial charge >= 0.3 is 5.97 Å². The molecule has 0 aromatic carbocycles. The molecule has 1 rings (SSSR count). The quantitative estimate of drug-likeness (QED) is 0.525. The van der Waals surface area contributed by atoms with Gasteiger partial charge in [0.25, 0.3) is 0 Å². The van der Waals surface area contributed by atoms with E-state index in [1.165, 1.54) is 25.7 Å². The lowest BCUT2D eigenvalue weighted by Crippen LogP contribution is -2.17. The van der Waals surface area contributed by atoms with E-state index in [2.05, 4.69) is 26.0 Å². The number of carbonyl (C=O) groups is 1. The summed E-state index contributed by atoms with van der Waals surface area (Å²) in [5, 5.41) is 0. The molecule has 1 saturated carbocycles. The van der Waals surface area contributed by atoms with Crippen LogP contribution in [0.1, 0.15) is 52.9 Å². The molecule has 0 spiro atoms. The summed E-state index contributed by atoms with van der Waals surface area (Å²) in [5.41, 5.74) is -0.0746. The van der Waals surface area contributed by atoms with Gasteiger partial charge in [-0.1, -0.05) is 38.8 Å². The second kappa shape index (κ2) is 6.07. The Balaban J connectivity index is 2.40. The van der Waals surface area contributed by atoms with E-state index < -0.39 is 0 Å². The Hall–Kier alpha value is -0.790. The van der Waals surface area contributed by atoms with E-state index in [1.54, 1.807) is 0 Å². The number of rotatable bonds is 5. The number of ether oxygens (including phenoxy) is 1. The van der Waals surface area contributed by atoms with Crippen molar-refractivity contribution in [1.29, 1.82) is 0 Å². The zero-order chi connectivity index (χ0) is 12.0. The van der Waals surface area contributed by atoms with Crippen LogP contribution < -0.4 is 0 Å². The molecule has 0 aromatic heterocycles. The minimum absolute atomic E-state index is 0.0746. The Morgan fingerprint density at radius 2 is 2.00 bits per heavy atom. The zero-order valence-corrected chi connectivity index (χ0v) is 10.8. The molecule has 2 nitrogen and oxygen atoms in total. The van der Waals surface area contributed by atoms with Gasteiger partial charge in [-0.2, -0.15) is 0 Å². The number of esters is 1. The molecule has 16 heavy (non-hydrogen) atoms. The fraction of sp³-hybridized carbons (Fsp3) is 0.786. The first-order chi connectivity index (χ1) is 7.53. The molecule has 1 aliphatic carbocycles. The van der Waals surface area contributed by atoms with Crippen molar-refractivity contribution < 1.29 is 9.53 Å². The van der Waals surface area contributed by atoms with Crippen molar-refractivity contribution in [1.82, 2.24) is 0 Å². The molecule has 0 aromatic rings. The first kappa shape index (κ1) is 13.3. The average Bonchev–Trinajstić information content (AvgIpc) is 2.66. The molecule has 1 aliphatic rings. The number of hydrogen-bond acceptors (Lipinski definition) is 2. The summed E-state index contributed by atoms with van der Waals surface area (Å²) in [4.78, 5) is 11.4. The molecule has 0 saturated heterocycles. The normalized spacial score (nSPS) is 18.2. The van der Waals surface area contributed by atoms with Crippen LogP contribution in [0.15, 0.2) is 12.2 Å². The molecule has 0 bridgehead atoms. The summed E-state index contributed by atoms with van der Waals surface area (Å²) in [7, 11) is 0. The number of allylic oxidation sites excluding steroid dienone is 2. The van der Waals surface area contributed by atoms with Gasteiger partial charge in [-0.3, -0.25) is 4.79 Å². The average molecular weight is 224 g/mol. The van der Waals surface area contributed by atoms with Gasteiger partial charge in [-0.05, 0) is 31.1 Å². The Morgan fingerprint density at radius 3 is 2.56 bits per heavy atom. The SMILES string of the molecule is CCOC(=O)CC(C)(C)C=CC1CCCC1. The summed E-state index contributed by atoms with van der Waals surface area (Å²) >= 11 is 0. The number of carbonyl (C=O) groups excluding carboxylic acids is 1. The summed E-state index contributed by atoms with van der Waals surface area (Å²) in [5.74, 6) is 0.644. The Kier molecular flexibility index (Phi) is 5.04. The Bertz CT molecular complexity index is 247. The van der Waals surface area contributed by atoms with Gasteiger partial charge in [0, 0.05) is 0 Å². The third-order valence-electron chi connectivity index (χ3n) is 3.12. The minimum atomic E-state index is -0.0939. The molecule has 0 radical (unpaired) electrons. The molecule has 0 heterocycles. The van der Waals surface area contributed by atoms with Crippen LogP contribution in [0, 0.1) is 11.3 Å². The van der Waals surface area contributed by atoms with Gasteiger partial charge in [0.15, 0.2) is 0 Å². The van der Waals surface area contributed by atoms with Crippen LogP contribution in [-0.4, -0.2) is 12.6 Å². The van der Waals surface area contributed by atoms with E-state index in [0.717, 1.165) is 5.92 Å². The molecular formula is C14H24O2. The highest BCUT2D eigenvalue weighted by Gasteiger charge is 2.21. The van der Waals surface area contributed by atoms with Crippen molar-refractivity contribution in [2.75, 3.05) is 6.61 Å². The highest BCUT2D eigenvalue weighted by molar-refractivity contribution is 5.70. The second-order valence-electron chi connectivity index (χ2n) is 5.37. The van der Waals surface area contributed by atoms with Crippen molar-refractivity contribution in [3.63, 3.8) is 0 Å². The lowest BCUT2D eigenvalue weighted by atomic mass is 9.87. The zero-order valence-electron chi connectivity index (χ0n) is 10.8. The van der Waals surface area contributed by atoms with E-state index in [-0.39, 0.29) is 11.4 Å². The third-order valence-corrected chi connectivity index (χ3v) is 3.12. The summed E-state index contributed by atoms with van der Waals surface area (Å²) < 4.78 is 4.98. The standard InChI is InChI=1S/C14H24O2/c1-4-16-13(15)11-14(2,3)10-9-12-7-5-6-8-12/h9-10,12H,4-8,11H2,1-3H3. The molecule has 0 atom stereocenters. The fourth-order valence-electron chi connectivity index (χ4n) is 2.19.